The van der Waals surface area contributed by atoms with Crippen LogP contribution in [-0.2, 0) is 0 Å². The minimum Gasteiger partial charge on any atom is -0.308 e. The van der Waals surface area contributed by atoms with E-state index in [0.29, 0.717) is 11.6 Å². The number of halogens is 1. The van der Waals surface area contributed by atoms with Crippen LogP contribution in [0, 0.1) is 0 Å². The number of hydrazine groups is 1. The summed E-state index contributed by atoms with van der Waals surface area (Å²) < 4.78 is 1.02. The minimum atomic E-state index is 0.628. The van der Waals surface area contributed by atoms with E-state index in [9.17, 15) is 0 Å². The van der Waals surface area contributed by atoms with E-state index in [1.807, 2.05) is 48.5 Å². The first-order valence-corrected chi connectivity index (χ1v) is 6.56. The lowest BCUT2D eigenvalue weighted by Gasteiger charge is -2.07. The van der Waals surface area contributed by atoms with Crippen LogP contribution >= 0.6 is 15.9 Å². The molecule has 3 rings (SSSR count). The Labute approximate surface area is 118 Å². The maximum atomic E-state index is 5.54. The molecular weight excluding hydrogens is 304 g/mol. The number of rotatable bonds is 2. The van der Waals surface area contributed by atoms with Gasteiger partial charge in [0.25, 0.3) is 0 Å². The Morgan fingerprint density at radius 1 is 0.947 bits per heavy atom. The van der Waals surface area contributed by atoms with Crippen LogP contribution in [0.1, 0.15) is 0 Å². The van der Waals surface area contributed by atoms with Gasteiger partial charge in [0.15, 0.2) is 11.6 Å². The summed E-state index contributed by atoms with van der Waals surface area (Å²) in [5, 5.41) is 0.908. The summed E-state index contributed by atoms with van der Waals surface area (Å²) in [7, 11) is 0. The van der Waals surface area contributed by atoms with Gasteiger partial charge in [-0.05, 0) is 24.3 Å². The number of nitrogens with one attached hydrogen (secondary N) is 1. The third kappa shape index (κ3) is 2.30. The topological polar surface area (TPSA) is 63.8 Å². The molecule has 0 unspecified atom stereocenters. The maximum absolute atomic E-state index is 5.54. The average Bonchev–Trinajstić information content (AvgIpc) is 2.47. The van der Waals surface area contributed by atoms with E-state index in [1.54, 1.807) is 0 Å². The van der Waals surface area contributed by atoms with E-state index in [2.05, 4.69) is 31.3 Å². The molecule has 0 bridgehead atoms. The molecule has 2 aromatic carbocycles. The highest BCUT2D eigenvalue weighted by molar-refractivity contribution is 9.10. The second kappa shape index (κ2) is 4.95. The largest absolute Gasteiger partial charge is 0.308 e. The van der Waals surface area contributed by atoms with E-state index >= 15 is 0 Å². The van der Waals surface area contributed by atoms with Crippen LogP contribution in [0.2, 0.25) is 0 Å². The predicted molar refractivity (Wildman–Crippen MR) is 80.5 cm³/mol. The number of hydrogen-bond donors (Lipinski definition) is 2. The summed E-state index contributed by atoms with van der Waals surface area (Å²) in [6, 6.07) is 15.6. The van der Waals surface area contributed by atoms with Gasteiger partial charge in [-0.25, -0.2) is 15.8 Å². The van der Waals surface area contributed by atoms with Crippen molar-refractivity contribution < 1.29 is 0 Å². The highest BCUT2D eigenvalue weighted by Crippen LogP contribution is 2.25. The molecule has 1 heterocycles. The molecule has 0 aliphatic rings. The number of benzene rings is 2. The van der Waals surface area contributed by atoms with Crippen molar-refractivity contribution in [3.8, 4) is 11.4 Å². The molecular formula is C14H11BrN4. The van der Waals surface area contributed by atoms with Crippen LogP contribution in [0.5, 0.6) is 0 Å². The van der Waals surface area contributed by atoms with Gasteiger partial charge in [-0.3, -0.25) is 0 Å². The fraction of sp³-hybridized carbons (Fsp3) is 0. The molecule has 0 fully saturated rings. The normalized spacial score (nSPS) is 10.6. The lowest BCUT2D eigenvalue weighted by molar-refractivity contribution is 1.19. The minimum absolute atomic E-state index is 0.628. The van der Waals surface area contributed by atoms with Crippen LogP contribution in [0.25, 0.3) is 22.3 Å². The number of nitrogens with two attached hydrogens (primary N) is 1. The van der Waals surface area contributed by atoms with Gasteiger partial charge < -0.3 is 5.43 Å². The third-order valence-electron chi connectivity index (χ3n) is 2.84. The molecule has 1 aromatic heterocycles. The van der Waals surface area contributed by atoms with Gasteiger partial charge in [-0.1, -0.05) is 40.2 Å². The van der Waals surface area contributed by atoms with Crippen molar-refractivity contribution in [3.63, 3.8) is 0 Å². The van der Waals surface area contributed by atoms with E-state index in [-0.39, 0.29) is 0 Å². The van der Waals surface area contributed by atoms with Crippen molar-refractivity contribution in [2.24, 2.45) is 5.84 Å². The Kier molecular flexibility index (Phi) is 3.15. The van der Waals surface area contributed by atoms with Crippen molar-refractivity contribution in [1.82, 2.24) is 9.97 Å². The number of nitrogens with zero attached hydrogens (tertiary/aromatic N) is 2. The maximum Gasteiger partial charge on any atom is 0.162 e. The highest BCUT2D eigenvalue weighted by Gasteiger charge is 2.07. The Hall–Kier alpha value is -1.98. The van der Waals surface area contributed by atoms with Crippen molar-refractivity contribution >= 4 is 32.7 Å². The molecule has 0 radical (unpaired) electrons. The Morgan fingerprint density at radius 2 is 1.68 bits per heavy atom. The summed E-state index contributed by atoms with van der Waals surface area (Å²) >= 11 is 3.41. The van der Waals surface area contributed by atoms with E-state index in [0.717, 1.165) is 20.9 Å². The monoisotopic (exact) mass is 314 g/mol. The number of hydrogen-bond acceptors (Lipinski definition) is 4. The first-order chi connectivity index (χ1) is 9.28. The molecule has 0 amide bonds. The molecule has 0 aliphatic heterocycles. The zero-order valence-electron chi connectivity index (χ0n) is 9.97. The van der Waals surface area contributed by atoms with Crippen molar-refractivity contribution in [2.75, 3.05) is 5.43 Å². The van der Waals surface area contributed by atoms with Crippen LogP contribution in [0.15, 0.2) is 53.0 Å². The molecule has 0 saturated carbocycles. The summed E-state index contributed by atoms with van der Waals surface area (Å²) in [5.74, 6) is 6.82. The van der Waals surface area contributed by atoms with Gasteiger partial charge in [-0.15, -0.1) is 0 Å². The molecule has 0 atom stereocenters. The number of para-hydroxylation sites is 1. The number of anilines is 1. The Balaban J connectivity index is 2.22. The van der Waals surface area contributed by atoms with E-state index < -0.39 is 0 Å². The van der Waals surface area contributed by atoms with Gasteiger partial charge in [-0.2, -0.15) is 0 Å². The number of fused-ring (bicyclic) bond motifs is 1. The predicted octanol–water partition coefficient (Wildman–Crippen LogP) is 3.34. The lowest BCUT2D eigenvalue weighted by atomic mass is 10.2. The molecule has 0 saturated heterocycles. The Bertz CT molecular complexity index is 725. The van der Waals surface area contributed by atoms with E-state index in [4.69, 9.17) is 5.84 Å². The smallest absolute Gasteiger partial charge is 0.162 e. The summed E-state index contributed by atoms with van der Waals surface area (Å²) in [5.41, 5.74) is 4.44. The number of aromatic nitrogens is 2. The van der Waals surface area contributed by atoms with E-state index in [1.165, 1.54) is 0 Å². The number of nitrogen functional groups attached to an aromatic ring is 1. The highest BCUT2D eigenvalue weighted by atomic mass is 79.9. The molecule has 0 aliphatic carbocycles. The van der Waals surface area contributed by atoms with Gasteiger partial charge in [0.1, 0.15) is 0 Å². The van der Waals surface area contributed by atoms with Crippen molar-refractivity contribution in [2.45, 2.75) is 0 Å². The lowest BCUT2D eigenvalue weighted by Crippen LogP contribution is -2.10. The van der Waals surface area contributed by atoms with Crippen molar-refractivity contribution in [1.29, 1.82) is 0 Å². The molecule has 94 valence electrons. The molecule has 4 nitrogen and oxygen atoms in total. The standard InChI is InChI=1S/C14H11BrN4/c15-10-7-5-9(6-8-10)13-17-12-4-2-1-3-11(12)14(18-13)19-16/h1-8H,16H2,(H,17,18,19). The fourth-order valence-corrected chi connectivity index (χ4v) is 2.18. The second-order valence-electron chi connectivity index (χ2n) is 4.06. The molecule has 19 heavy (non-hydrogen) atoms. The summed E-state index contributed by atoms with van der Waals surface area (Å²) in [6.07, 6.45) is 0. The van der Waals surface area contributed by atoms with Crippen LogP contribution < -0.4 is 11.3 Å². The first-order valence-electron chi connectivity index (χ1n) is 5.77. The average molecular weight is 315 g/mol. The summed E-state index contributed by atoms with van der Waals surface area (Å²) in [6.45, 7) is 0. The molecule has 3 N–H and O–H groups in total. The zero-order chi connectivity index (χ0) is 13.2. The van der Waals surface area contributed by atoms with Gasteiger partial charge >= 0.3 is 0 Å². The quantitative estimate of drug-likeness (QED) is 0.562. The van der Waals surface area contributed by atoms with Crippen LogP contribution in [0.3, 0.4) is 0 Å². The molecule has 3 aromatic rings. The zero-order valence-corrected chi connectivity index (χ0v) is 11.6. The Morgan fingerprint density at radius 3 is 2.42 bits per heavy atom. The summed E-state index contributed by atoms with van der Waals surface area (Å²) in [4.78, 5) is 9.02. The van der Waals surface area contributed by atoms with Crippen LogP contribution in [0.4, 0.5) is 5.82 Å². The first kappa shape index (κ1) is 12.1. The van der Waals surface area contributed by atoms with Gasteiger partial charge in [0.2, 0.25) is 0 Å². The SMILES string of the molecule is NNc1nc(-c2ccc(Br)cc2)nc2ccccc12. The van der Waals surface area contributed by atoms with Crippen LogP contribution in [-0.4, -0.2) is 9.97 Å². The third-order valence-corrected chi connectivity index (χ3v) is 3.37. The molecule has 5 heteroatoms. The second-order valence-corrected chi connectivity index (χ2v) is 4.98. The van der Waals surface area contributed by atoms with Gasteiger partial charge in [0.05, 0.1) is 5.52 Å². The molecule has 0 spiro atoms. The van der Waals surface area contributed by atoms with Crippen molar-refractivity contribution in [3.05, 3.63) is 53.0 Å². The van der Waals surface area contributed by atoms with Gasteiger partial charge in [0, 0.05) is 15.4 Å². The fourth-order valence-electron chi connectivity index (χ4n) is 1.91.